The summed E-state index contributed by atoms with van der Waals surface area (Å²) in [5, 5.41) is 9.67. The predicted octanol–water partition coefficient (Wildman–Crippen LogP) is 2.62. The number of hydrogen-bond acceptors (Lipinski definition) is 5. The molecule has 1 unspecified atom stereocenters. The highest BCUT2D eigenvalue weighted by atomic mass is 31.2. The van der Waals surface area contributed by atoms with Gasteiger partial charge in [0, 0.05) is 5.56 Å². The van der Waals surface area contributed by atoms with Crippen LogP contribution in [0.25, 0.3) is 0 Å². The molecule has 1 aromatic rings. The highest BCUT2D eigenvalue weighted by molar-refractivity contribution is 7.54. The van der Waals surface area contributed by atoms with Gasteiger partial charge in [-0.3, -0.25) is 4.57 Å². The topological polar surface area (TPSA) is 81.8 Å². The summed E-state index contributed by atoms with van der Waals surface area (Å²) in [6, 6.07) is 6.46. The van der Waals surface area contributed by atoms with Crippen molar-refractivity contribution >= 4 is 7.60 Å². The monoisotopic (exact) mass is 259 g/mol. The van der Waals surface area contributed by atoms with Crippen LogP contribution in [0.15, 0.2) is 24.3 Å². The average Bonchev–Trinajstić information content (AvgIpc) is 2.29. The van der Waals surface area contributed by atoms with Gasteiger partial charge in [-0.2, -0.15) is 0 Å². The van der Waals surface area contributed by atoms with E-state index in [0.29, 0.717) is 5.56 Å². The molecule has 3 N–H and O–H groups in total. The van der Waals surface area contributed by atoms with Crippen molar-refractivity contribution in [2.24, 2.45) is 5.73 Å². The molecule has 0 aliphatic carbocycles. The van der Waals surface area contributed by atoms with Gasteiger partial charge in [0.1, 0.15) is 11.5 Å². The van der Waals surface area contributed by atoms with Gasteiger partial charge in [-0.15, -0.1) is 0 Å². The average molecular weight is 259 g/mol. The maximum Gasteiger partial charge on any atom is 0.351 e. The standard InChI is InChI=1S/C11H18NO4P/c1-3-15-17(14,16-4-2)11(12)9-7-5-6-8-10(9)13/h5-8,11,13H,3-4,12H2,1-2H3. The molecule has 0 radical (unpaired) electrons. The first kappa shape index (κ1) is 14.2. The van der Waals surface area contributed by atoms with Crippen LogP contribution < -0.4 is 5.73 Å². The number of phenols is 1. The Labute approximate surface area is 101 Å². The van der Waals surface area contributed by atoms with E-state index in [1.54, 1.807) is 32.0 Å². The molecule has 0 saturated carbocycles. The molecule has 0 aliphatic heterocycles. The Bertz CT molecular complexity index is 400. The van der Waals surface area contributed by atoms with Gasteiger partial charge in [-0.1, -0.05) is 18.2 Å². The number of para-hydroxylation sites is 1. The first-order valence-corrected chi connectivity index (χ1v) is 7.08. The van der Waals surface area contributed by atoms with Gasteiger partial charge in [0.2, 0.25) is 0 Å². The molecule has 6 heteroatoms. The summed E-state index contributed by atoms with van der Waals surface area (Å²) in [5.74, 6) is -0.997. The Balaban J connectivity index is 3.04. The van der Waals surface area contributed by atoms with Crippen LogP contribution in [-0.4, -0.2) is 18.3 Å². The highest BCUT2D eigenvalue weighted by Crippen LogP contribution is 2.59. The Morgan fingerprint density at radius 1 is 1.29 bits per heavy atom. The van der Waals surface area contributed by atoms with E-state index in [1.807, 2.05) is 0 Å². The quantitative estimate of drug-likeness (QED) is 0.767. The molecule has 0 aliphatic rings. The van der Waals surface area contributed by atoms with E-state index in [0.717, 1.165) is 0 Å². The summed E-state index contributed by atoms with van der Waals surface area (Å²) in [5.41, 5.74) is 6.23. The number of rotatable bonds is 6. The lowest BCUT2D eigenvalue weighted by atomic mass is 10.2. The number of hydrogen-bond donors (Lipinski definition) is 2. The van der Waals surface area contributed by atoms with E-state index in [4.69, 9.17) is 14.8 Å². The number of benzene rings is 1. The van der Waals surface area contributed by atoms with Crippen molar-refractivity contribution in [2.75, 3.05) is 13.2 Å². The molecule has 96 valence electrons. The van der Waals surface area contributed by atoms with Crippen molar-refractivity contribution in [3.8, 4) is 5.75 Å². The zero-order valence-electron chi connectivity index (χ0n) is 10.00. The Morgan fingerprint density at radius 2 is 1.82 bits per heavy atom. The molecule has 1 atom stereocenters. The largest absolute Gasteiger partial charge is 0.508 e. The zero-order chi connectivity index (χ0) is 12.9. The lowest BCUT2D eigenvalue weighted by molar-refractivity contribution is 0.212. The fraction of sp³-hybridized carbons (Fsp3) is 0.455. The Kier molecular flexibility index (Phi) is 5.15. The van der Waals surface area contributed by atoms with E-state index in [9.17, 15) is 9.67 Å². The van der Waals surface area contributed by atoms with Crippen molar-refractivity contribution in [3.63, 3.8) is 0 Å². The molecule has 0 spiro atoms. The fourth-order valence-electron chi connectivity index (χ4n) is 1.47. The van der Waals surface area contributed by atoms with E-state index < -0.39 is 13.4 Å². The first-order chi connectivity index (χ1) is 8.05. The predicted molar refractivity (Wildman–Crippen MR) is 65.9 cm³/mol. The lowest BCUT2D eigenvalue weighted by Crippen LogP contribution is -2.15. The fourth-order valence-corrected chi connectivity index (χ4v) is 3.14. The van der Waals surface area contributed by atoms with Crippen molar-refractivity contribution in [1.82, 2.24) is 0 Å². The summed E-state index contributed by atoms with van der Waals surface area (Å²) in [6.45, 7) is 3.89. The van der Waals surface area contributed by atoms with E-state index in [-0.39, 0.29) is 19.0 Å². The van der Waals surface area contributed by atoms with Gasteiger partial charge in [0.05, 0.1) is 13.2 Å². The minimum Gasteiger partial charge on any atom is -0.508 e. The third-order valence-corrected chi connectivity index (χ3v) is 4.41. The SMILES string of the molecule is CCOP(=O)(OCC)C(N)c1ccccc1O. The third kappa shape index (κ3) is 3.30. The van der Waals surface area contributed by atoms with Gasteiger partial charge in [-0.25, -0.2) is 0 Å². The van der Waals surface area contributed by atoms with Gasteiger partial charge < -0.3 is 19.9 Å². The Hall–Kier alpha value is -0.870. The Morgan fingerprint density at radius 3 is 2.29 bits per heavy atom. The van der Waals surface area contributed by atoms with E-state index in [1.165, 1.54) is 6.07 Å². The maximum absolute atomic E-state index is 12.4. The summed E-state index contributed by atoms with van der Waals surface area (Å²) in [6.07, 6.45) is 0. The van der Waals surface area contributed by atoms with Gasteiger partial charge in [0.25, 0.3) is 0 Å². The van der Waals surface area contributed by atoms with Crippen molar-refractivity contribution < 1.29 is 18.7 Å². The van der Waals surface area contributed by atoms with Crippen LogP contribution in [0.1, 0.15) is 25.2 Å². The van der Waals surface area contributed by atoms with Crippen LogP contribution in [0.2, 0.25) is 0 Å². The van der Waals surface area contributed by atoms with Crippen LogP contribution in [0.4, 0.5) is 0 Å². The molecule has 0 fully saturated rings. The molecule has 0 bridgehead atoms. The van der Waals surface area contributed by atoms with Gasteiger partial charge in [0.15, 0.2) is 0 Å². The molecule has 0 heterocycles. The molecule has 0 saturated heterocycles. The van der Waals surface area contributed by atoms with E-state index in [2.05, 4.69) is 0 Å². The van der Waals surface area contributed by atoms with Crippen LogP contribution in [0.3, 0.4) is 0 Å². The van der Waals surface area contributed by atoms with Gasteiger partial charge >= 0.3 is 7.60 Å². The molecule has 1 rings (SSSR count). The molecule has 0 aromatic heterocycles. The normalized spacial score (nSPS) is 13.6. The van der Waals surface area contributed by atoms with Crippen LogP contribution >= 0.6 is 7.60 Å². The highest BCUT2D eigenvalue weighted by Gasteiger charge is 2.35. The second-order valence-corrected chi connectivity index (χ2v) is 5.53. The van der Waals surface area contributed by atoms with Crippen LogP contribution in [-0.2, 0) is 13.6 Å². The molecule has 0 amide bonds. The minimum absolute atomic E-state index is 0.0142. The van der Waals surface area contributed by atoms with Crippen molar-refractivity contribution in [3.05, 3.63) is 29.8 Å². The second kappa shape index (κ2) is 6.17. The minimum atomic E-state index is -3.44. The number of aromatic hydroxyl groups is 1. The summed E-state index contributed by atoms with van der Waals surface area (Å²) < 4.78 is 22.7. The van der Waals surface area contributed by atoms with Gasteiger partial charge in [-0.05, 0) is 19.9 Å². The van der Waals surface area contributed by atoms with Crippen molar-refractivity contribution in [2.45, 2.75) is 19.6 Å². The molecule has 1 aromatic carbocycles. The third-order valence-electron chi connectivity index (χ3n) is 2.21. The van der Waals surface area contributed by atoms with Crippen LogP contribution in [0.5, 0.6) is 5.75 Å². The summed E-state index contributed by atoms with van der Waals surface area (Å²) >= 11 is 0. The molecule has 5 nitrogen and oxygen atoms in total. The maximum atomic E-state index is 12.4. The molecule has 17 heavy (non-hydrogen) atoms. The smallest absolute Gasteiger partial charge is 0.351 e. The lowest BCUT2D eigenvalue weighted by Gasteiger charge is -2.23. The number of nitrogens with two attached hydrogens (primary N) is 1. The summed E-state index contributed by atoms with van der Waals surface area (Å²) in [7, 11) is -3.44. The molecular formula is C11H18NO4P. The van der Waals surface area contributed by atoms with Crippen LogP contribution in [0, 0.1) is 0 Å². The first-order valence-electron chi connectivity index (χ1n) is 5.47. The summed E-state index contributed by atoms with van der Waals surface area (Å²) in [4.78, 5) is 0. The molecular weight excluding hydrogens is 241 g/mol. The number of phenolic OH excluding ortho intramolecular Hbond substituents is 1. The second-order valence-electron chi connectivity index (χ2n) is 3.38. The zero-order valence-corrected chi connectivity index (χ0v) is 10.9. The van der Waals surface area contributed by atoms with Crippen molar-refractivity contribution in [1.29, 1.82) is 0 Å². The van der Waals surface area contributed by atoms with E-state index >= 15 is 0 Å².